The van der Waals surface area contributed by atoms with Crippen molar-refractivity contribution in [3.63, 3.8) is 0 Å². The first-order valence-electron chi connectivity index (χ1n) is 12.9. The van der Waals surface area contributed by atoms with E-state index in [-0.39, 0.29) is 36.8 Å². The first-order valence-corrected chi connectivity index (χ1v) is 12.9. The van der Waals surface area contributed by atoms with Crippen LogP contribution < -0.4 is 10.2 Å². The third-order valence-electron chi connectivity index (χ3n) is 6.95. The van der Waals surface area contributed by atoms with E-state index in [0.717, 1.165) is 68.9 Å². The third kappa shape index (κ3) is 7.51. The molecule has 4 rings (SSSR count). The average molecular weight is 497 g/mol. The minimum absolute atomic E-state index is 0.00334. The standard InChI is InChI=1S/C28H37FN4O3/c1-31(20-27(34)30-24-11-13-25(14-12-24)32-15-17-36-18-16-32)21-28(35)33(26-5-3-2-4-6-26)19-22-7-9-23(29)10-8-22/h7-14,26H,2-6,15-21H2,1H3,(H,30,34). The van der Waals surface area contributed by atoms with Crippen LogP contribution in [0.5, 0.6) is 0 Å². The van der Waals surface area contributed by atoms with Gasteiger partial charge in [0, 0.05) is 37.1 Å². The van der Waals surface area contributed by atoms with Crippen LogP contribution in [0.2, 0.25) is 0 Å². The fraction of sp³-hybridized carbons (Fsp3) is 0.500. The smallest absolute Gasteiger partial charge is 0.238 e. The van der Waals surface area contributed by atoms with E-state index in [1.165, 1.54) is 18.6 Å². The van der Waals surface area contributed by atoms with Gasteiger partial charge in [0.15, 0.2) is 0 Å². The van der Waals surface area contributed by atoms with E-state index in [1.807, 2.05) is 29.2 Å². The summed E-state index contributed by atoms with van der Waals surface area (Å²) in [6, 6.07) is 14.3. The lowest BCUT2D eigenvalue weighted by Gasteiger charge is -2.35. The Kier molecular flexibility index (Phi) is 9.30. The molecule has 0 bridgehead atoms. The van der Waals surface area contributed by atoms with Crippen LogP contribution in [0.4, 0.5) is 15.8 Å². The number of nitrogens with one attached hydrogen (secondary N) is 1. The molecule has 1 heterocycles. The normalized spacial score (nSPS) is 16.7. The summed E-state index contributed by atoms with van der Waals surface area (Å²) >= 11 is 0. The Labute approximate surface area is 213 Å². The molecule has 0 unspecified atom stereocenters. The fourth-order valence-corrected chi connectivity index (χ4v) is 5.00. The van der Waals surface area contributed by atoms with Crippen LogP contribution in [-0.4, -0.2) is 74.1 Å². The number of morpholine rings is 1. The van der Waals surface area contributed by atoms with E-state index in [4.69, 9.17) is 4.74 Å². The fourth-order valence-electron chi connectivity index (χ4n) is 5.00. The summed E-state index contributed by atoms with van der Waals surface area (Å²) in [6.07, 6.45) is 5.39. The average Bonchev–Trinajstić information content (AvgIpc) is 2.89. The number of ether oxygens (including phenoxy) is 1. The summed E-state index contributed by atoms with van der Waals surface area (Å²) < 4.78 is 18.8. The summed E-state index contributed by atoms with van der Waals surface area (Å²) in [6.45, 7) is 3.91. The van der Waals surface area contributed by atoms with E-state index in [2.05, 4.69) is 10.2 Å². The van der Waals surface area contributed by atoms with Gasteiger partial charge in [-0.3, -0.25) is 14.5 Å². The molecule has 1 N–H and O–H groups in total. The summed E-state index contributed by atoms with van der Waals surface area (Å²) in [4.78, 5) is 31.9. The maximum Gasteiger partial charge on any atom is 0.238 e. The highest BCUT2D eigenvalue weighted by Gasteiger charge is 2.26. The molecule has 1 aliphatic heterocycles. The predicted molar refractivity (Wildman–Crippen MR) is 139 cm³/mol. The van der Waals surface area contributed by atoms with Crippen molar-refractivity contribution in [2.45, 2.75) is 44.7 Å². The number of hydrogen-bond acceptors (Lipinski definition) is 5. The largest absolute Gasteiger partial charge is 0.378 e. The molecule has 194 valence electrons. The maximum atomic E-state index is 13.4. The zero-order valence-corrected chi connectivity index (χ0v) is 21.1. The van der Waals surface area contributed by atoms with Gasteiger partial charge >= 0.3 is 0 Å². The molecule has 0 aromatic heterocycles. The topological polar surface area (TPSA) is 65.1 Å². The van der Waals surface area contributed by atoms with Gasteiger partial charge in [-0.05, 0) is 61.9 Å². The first-order chi connectivity index (χ1) is 17.5. The summed E-state index contributed by atoms with van der Waals surface area (Å²) in [7, 11) is 1.79. The molecule has 8 heteroatoms. The molecule has 2 fully saturated rings. The van der Waals surface area contributed by atoms with Gasteiger partial charge < -0.3 is 19.9 Å². The SMILES string of the molecule is CN(CC(=O)Nc1ccc(N2CCOCC2)cc1)CC(=O)N(Cc1ccc(F)cc1)C1CCCCC1. The second kappa shape index (κ2) is 12.8. The van der Waals surface area contributed by atoms with Crippen LogP contribution in [0.25, 0.3) is 0 Å². The van der Waals surface area contributed by atoms with Crippen molar-refractivity contribution < 1.29 is 18.7 Å². The molecule has 1 aliphatic carbocycles. The van der Waals surface area contributed by atoms with Crippen molar-refractivity contribution in [3.8, 4) is 0 Å². The molecule has 0 atom stereocenters. The number of carbonyl (C=O) groups is 2. The van der Waals surface area contributed by atoms with Crippen molar-refractivity contribution in [1.82, 2.24) is 9.80 Å². The van der Waals surface area contributed by atoms with Crippen molar-refractivity contribution in [2.75, 3.05) is 56.7 Å². The Balaban J connectivity index is 1.30. The highest BCUT2D eigenvalue weighted by Crippen LogP contribution is 2.25. The van der Waals surface area contributed by atoms with Gasteiger partial charge in [0.1, 0.15) is 5.82 Å². The van der Waals surface area contributed by atoms with E-state index >= 15 is 0 Å². The highest BCUT2D eigenvalue weighted by molar-refractivity contribution is 5.92. The van der Waals surface area contributed by atoms with E-state index in [9.17, 15) is 14.0 Å². The third-order valence-corrected chi connectivity index (χ3v) is 6.95. The highest BCUT2D eigenvalue weighted by atomic mass is 19.1. The number of likely N-dealkylation sites (N-methyl/N-ethyl adjacent to an activating group) is 1. The number of halogens is 1. The van der Waals surface area contributed by atoms with Crippen LogP contribution in [0.15, 0.2) is 48.5 Å². The Morgan fingerprint density at radius 2 is 1.64 bits per heavy atom. The summed E-state index contributed by atoms with van der Waals surface area (Å²) in [5, 5.41) is 2.93. The van der Waals surface area contributed by atoms with E-state index in [0.29, 0.717) is 6.54 Å². The predicted octanol–water partition coefficient (Wildman–Crippen LogP) is 3.89. The maximum absolute atomic E-state index is 13.4. The van der Waals surface area contributed by atoms with Gasteiger partial charge in [0.2, 0.25) is 11.8 Å². The zero-order chi connectivity index (χ0) is 25.3. The van der Waals surface area contributed by atoms with Crippen molar-refractivity contribution >= 4 is 23.2 Å². The van der Waals surface area contributed by atoms with Gasteiger partial charge in [-0.1, -0.05) is 31.4 Å². The summed E-state index contributed by atoms with van der Waals surface area (Å²) in [5.41, 5.74) is 2.76. The number of carbonyl (C=O) groups excluding carboxylic acids is 2. The molecule has 2 aromatic carbocycles. The second-order valence-electron chi connectivity index (χ2n) is 9.81. The number of benzene rings is 2. The first kappa shape index (κ1) is 26.1. The monoisotopic (exact) mass is 496 g/mol. The number of rotatable bonds is 9. The molecule has 2 amide bonds. The Morgan fingerprint density at radius 1 is 0.972 bits per heavy atom. The Hall–Kier alpha value is -2.97. The lowest BCUT2D eigenvalue weighted by Crippen LogP contribution is -2.46. The van der Waals surface area contributed by atoms with Gasteiger partial charge in [-0.25, -0.2) is 4.39 Å². The van der Waals surface area contributed by atoms with Crippen LogP contribution in [0.1, 0.15) is 37.7 Å². The molecule has 1 saturated carbocycles. The quantitative estimate of drug-likeness (QED) is 0.571. The molecule has 36 heavy (non-hydrogen) atoms. The number of amides is 2. The van der Waals surface area contributed by atoms with Crippen molar-refractivity contribution in [2.24, 2.45) is 0 Å². The van der Waals surface area contributed by atoms with Gasteiger partial charge in [-0.15, -0.1) is 0 Å². The second-order valence-corrected chi connectivity index (χ2v) is 9.81. The van der Waals surface area contributed by atoms with Crippen molar-refractivity contribution in [3.05, 3.63) is 59.9 Å². The molecular weight excluding hydrogens is 459 g/mol. The summed E-state index contributed by atoms with van der Waals surface area (Å²) in [5.74, 6) is -0.445. The van der Waals surface area contributed by atoms with Crippen LogP contribution in [0, 0.1) is 5.82 Å². The molecule has 0 spiro atoms. The Bertz CT molecular complexity index is 987. The van der Waals surface area contributed by atoms with Crippen LogP contribution in [0.3, 0.4) is 0 Å². The number of anilines is 2. The minimum atomic E-state index is -0.282. The zero-order valence-electron chi connectivity index (χ0n) is 21.1. The minimum Gasteiger partial charge on any atom is -0.378 e. The molecule has 1 saturated heterocycles. The molecule has 2 aliphatic rings. The van der Waals surface area contributed by atoms with E-state index < -0.39 is 0 Å². The Morgan fingerprint density at radius 3 is 2.31 bits per heavy atom. The molecule has 2 aromatic rings. The van der Waals surface area contributed by atoms with Gasteiger partial charge in [0.05, 0.1) is 26.3 Å². The lowest BCUT2D eigenvalue weighted by atomic mass is 9.93. The van der Waals surface area contributed by atoms with Crippen molar-refractivity contribution in [1.29, 1.82) is 0 Å². The molecule has 0 radical (unpaired) electrons. The van der Waals surface area contributed by atoms with Gasteiger partial charge in [0.25, 0.3) is 0 Å². The van der Waals surface area contributed by atoms with Crippen LogP contribution in [-0.2, 0) is 20.9 Å². The number of hydrogen-bond donors (Lipinski definition) is 1. The number of nitrogens with zero attached hydrogens (tertiary/aromatic N) is 3. The lowest BCUT2D eigenvalue weighted by molar-refractivity contribution is -0.136. The molecule has 7 nitrogen and oxygen atoms in total. The van der Waals surface area contributed by atoms with Gasteiger partial charge in [-0.2, -0.15) is 0 Å². The molecular formula is C28H37FN4O3. The van der Waals surface area contributed by atoms with E-state index in [1.54, 1.807) is 24.1 Å². The van der Waals surface area contributed by atoms with Crippen LogP contribution >= 0.6 is 0 Å².